The second kappa shape index (κ2) is 8.57. The quantitative estimate of drug-likeness (QED) is 0.644. The summed E-state index contributed by atoms with van der Waals surface area (Å²) in [6.45, 7) is 0. The van der Waals surface area contributed by atoms with Gasteiger partial charge in [-0.15, -0.1) is 0 Å². The molecule has 0 aromatic heterocycles. The SMILES string of the molecule is O=C(O)[C@@H](Cc1ccccc1)NP(c1ccccc1)c1ccccc1. The molecule has 3 rings (SSSR count). The van der Waals surface area contributed by atoms with Gasteiger partial charge in [-0.3, -0.25) is 9.88 Å². The minimum atomic E-state index is -0.950. The van der Waals surface area contributed by atoms with Crippen LogP contribution in [0.1, 0.15) is 5.56 Å². The summed E-state index contributed by atoms with van der Waals surface area (Å²) in [7, 11) is -0.950. The lowest BCUT2D eigenvalue weighted by molar-refractivity contribution is -0.138. The number of benzene rings is 3. The zero-order valence-corrected chi connectivity index (χ0v) is 14.6. The van der Waals surface area contributed by atoms with Crippen LogP contribution in [0.3, 0.4) is 0 Å². The van der Waals surface area contributed by atoms with Gasteiger partial charge in [0.2, 0.25) is 0 Å². The molecule has 0 aliphatic rings. The molecule has 25 heavy (non-hydrogen) atoms. The van der Waals surface area contributed by atoms with E-state index in [0.29, 0.717) is 6.42 Å². The molecule has 3 nitrogen and oxygen atoms in total. The molecule has 0 aliphatic heterocycles. The van der Waals surface area contributed by atoms with E-state index < -0.39 is 20.1 Å². The fraction of sp³-hybridized carbons (Fsp3) is 0.0952. The molecule has 0 aliphatic carbocycles. The Morgan fingerprint density at radius 1 is 0.800 bits per heavy atom. The first-order valence-electron chi connectivity index (χ1n) is 8.17. The molecule has 1 atom stereocenters. The molecule has 0 spiro atoms. The fourth-order valence-electron chi connectivity index (χ4n) is 2.65. The standard InChI is InChI=1S/C21H20NO2P/c23-21(24)20(16-17-10-4-1-5-11-17)22-25(18-12-6-2-7-13-18)19-14-8-3-9-15-19/h1-15,20,22H,16H2,(H,23,24)/t20-/m1/s1. The highest BCUT2D eigenvalue weighted by Gasteiger charge is 2.24. The summed E-state index contributed by atoms with van der Waals surface area (Å²) >= 11 is 0. The number of carboxylic acid groups (broad SMARTS) is 1. The van der Waals surface area contributed by atoms with E-state index in [-0.39, 0.29) is 0 Å². The summed E-state index contributed by atoms with van der Waals surface area (Å²) in [4.78, 5) is 11.8. The molecule has 4 heteroatoms. The maximum Gasteiger partial charge on any atom is 0.321 e. The Labute approximate surface area is 149 Å². The number of hydrogen-bond donors (Lipinski definition) is 2. The van der Waals surface area contributed by atoms with Gasteiger partial charge in [0.1, 0.15) is 6.04 Å². The van der Waals surface area contributed by atoms with E-state index in [9.17, 15) is 9.90 Å². The third-order valence-electron chi connectivity index (χ3n) is 3.89. The first kappa shape index (κ1) is 17.3. The van der Waals surface area contributed by atoms with Crippen LogP contribution in [0.5, 0.6) is 0 Å². The highest BCUT2D eigenvalue weighted by molar-refractivity contribution is 7.71. The van der Waals surface area contributed by atoms with E-state index in [1.165, 1.54) is 0 Å². The largest absolute Gasteiger partial charge is 0.480 e. The zero-order chi connectivity index (χ0) is 17.5. The summed E-state index contributed by atoms with van der Waals surface area (Å²) in [5.41, 5.74) is 1.01. The smallest absolute Gasteiger partial charge is 0.321 e. The Morgan fingerprint density at radius 2 is 1.24 bits per heavy atom. The lowest BCUT2D eigenvalue weighted by Gasteiger charge is -2.24. The Kier molecular flexibility index (Phi) is 5.95. The second-order valence-corrected chi connectivity index (χ2v) is 7.68. The van der Waals surface area contributed by atoms with Crippen LogP contribution in [0.25, 0.3) is 0 Å². The predicted octanol–water partition coefficient (Wildman–Crippen LogP) is 3.32. The van der Waals surface area contributed by atoms with Crippen LogP contribution >= 0.6 is 8.07 Å². The third kappa shape index (κ3) is 4.76. The Balaban J connectivity index is 1.88. The Morgan fingerprint density at radius 3 is 1.68 bits per heavy atom. The molecule has 0 saturated heterocycles. The van der Waals surface area contributed by atoms with Crippen LogP contribution in [-0.2, 0) is 11.2 Å². The van der Waals surface area contributed by atoms with Crippen molar-refractivity contribution < 1.29 is 9.90 Å². The van der Waals surface area contributed by atoms with Crippen molar-refractivity contribution in [3.8, 4) is 0 Å². The molecule has 3 aromatic carbocycles. The number of carbonyl (C=O) groups is 1. The van der Waals surface area contributed by atoms with Crippen molar-refractivity contribution >= 4 is 24.7 Å². The van der Waals surface area contributed by atoms with Gasteiger partial charge in [0, 0.05) is 8.07 Å². The van der Waals surface area contributed by atoms with Crippen molar-refractivity contribution in [1.29, 1.82) is 0 Å². The third-order valence-corrected chi connectivity index (χ3v) is 6.09. The highest BCUT2D eigenvalue weighted by Crippen LogP contribution is 2.30. The number of nitrogens with one attached hydrogen (secondary N) is 1. The van der Waals surface area contributed by atoms with Gasteiger partial charge < -0.3 is 5.11 Å². The van der Waals surface area contributed by atoms with Crippen LogP contribution in [-0.4, -0.2) is 17.1 Å². The molecule has 0 radical (unpaired) electrons. The first-order chi connectivity index (χ1) is 12.2. The van der Waals surface area contributed by atoms with Gasteiger partial charge in [-0.2, -0.15) is 0 Å². The van der Waals surface area contributed by atoms with Crippen LogP contribution in [0.15, 0.2) is 91.0 Å². The number of rotatable bonds is 7. The maximum absolute atomic E-state index is 11.8. The van der Waals surface area contributed by atoms with Crippen molar-refractivity contribution in [1.82, 2.24) is 5.09 Å². The molecule has 0 bridgehead atoms. The molecular weight excluding hydrogens is 329 g/mol. The molecule has 0 saturated carbocycles. The predicted molar refractivity (Wildman–Crippen MR) is 104 cm³/mol. The molecular formula is C21H20NO2P. The van der Waals surface area contributed by atoms with E-state index >= 15 is 0 Å². The first-order valence-corrected chi connectivity index (χ1v) is 9.51. The van der Waals surface area contributed by atoms with Crippen LogP contribution < -0.4 is 15.7 Å². The highest BCUT2D eigenvalue weighted by atomic mass is 31.1. The molecule has 0 amide bonds. The van der Waals surface area contributed by atoms with Gasteiger partial charge in [-0.1, -0.05) is 91.0 Å². The van der Waals surface area contributed by atoms with E-state index in [4.69, 9.17) is 0 Å². The summed E-state index contributed by atoms with van der Waals surface area (Å²) in [5.74, 6) is -0.830. The topological polar surface area (TPSA) is 49.3 Å². The Bertz CT molecular complexity index is 754. The van der Waals surface area contributed by atoms with Crippen molar-refractivity contribution in [2.75, 3.05) is 0 Å². The molecule has 3 aromatic rings. The second-order valence-electron chi connectivity index (χ2n) is 5.72. The van der Waals surface area contributed by atoms with E-state index in [0.717, 1.165) is 16.2 Å². The molecule has 0 fully saturated rings. The van der Waals surface area contributed by atoms with Gasteiger partial charge >= 0.3 is 5.97 Å². The summed E-state index contributed by atoms with van der Waals surface area (Å²) in [5, 5.41) is 15.4. The minimum Gasteiger partial charge on any atom is -0.480 e. The van der Waals surface area contributed by atoms with Gasteiger partial charge in [-0.25, -0.2) is 0 Å². The van der Waals surface area contributed by atoms with E-state index in [1.807, 2.05) is 91.0 Å². The van der Waals surface area contributed by atoms with Gasteiger partial charge in [0.05, 0.1) is 0 Å². The van der Waals surface area contributed by atoms with Crippen molar-refractivity contribution in [2.24, 2.45) is 0 Å². The Hall–Kier alpha value is -2.48. The number of aliphatic carboxylic acids is 1. The molecule has 2 N–H and O–H groups in total. The molecule has 126 valence electrons. The zero-order valence-electron chi connectivity index (χ0n) is 13.7. The lowest BCUT2D eigenvalue weighted by Crippen LogP contribution is -2.39. The lowest BCUT2D eigenvalue weighted by atomic mass is 10.1. The fourth-order valence-corrected chi connectivity index (χ4v) is 4.70. The maximum atomic E-state index is 11.8. The van der Waals surface area contributed by atoms with Gasteiger partial charge in [0.15, 0.2) is 0 Å². The summed E-state index contributed by atoms with van der Waals surface area (Å²) in [6, 6.07) is 29.2. The van der Waals surface area contributed by atoms with Crippen LogP contribution in [0.4, 0.5) is 0 Å². The average molecular weight is 349 g/mol. The van der Waals surface area contributed by atoms with Crippen molar-refractivity contribution in [3.05, 3.63) is 96.6 Å². The molecule has 0 unspecified atom stereocenters. The molecule has 0 heterocycles. The normalized spacial score (nSPS) is 12.0. The number of hydrogen-bond acceptors (Lipinski definition) is 2. The number of carboxylic acids is 1. The van der Waals surface area contributed by atoms with Crippen LogP contribution in [0.2, 0.25) is 0 Å². The van der Waals surface area contributed by atoms with Crippen molar-refractivity contribution in [2.45, 2.75) is 12.5 Å². The van der Waals surface area contributed by atoms with E-state index in [1.54, 1.807) is 0 Å². The average Bonchev–Trinajstić information content (AvgIpc) is 2.67. The van der Waals surface area contributed by atoms with Crippen LogP contribution in [0, 0.1) is 0 Å². The van der Waals surface area contributed by atoms with E-state index in [2.05, 4.69) is 5.09 Å². The van der Waals surface area contributed by atoms with Crippen molar-refractivity contribution in [3.63, 3.8) is 0 Å². The monoisotopic (exact) mass is 349 g/mol. The summed E-state index contributed by atoms with van der Waals surface area (Å²) < 4.78 is 0. The summed E-state index contributed by atoms with van der Waals surface area (Å²) in [6.07, 6.45) is 0.453. The van der Waals surface area contributed by atoms with Gasteiger partial charge in [-0.05, 0) is 22.6 Å². The minimum absolute atomic E-state index is 0.453. The van der Waals surface area contributed by atoms with Gasteiger partial charge in [0.25, 0.3) is 0 Å².